The predicted octanol–water partition coefficient (Wildman–Crippen LogP) is 9.10. The molecule has 24 heteroatoms. The quantitative estimate of drug-likeness (QED) is 0.0361. The number of aromatic hydroxyl groups is 1. The number of hydrogen-bond acceptors (Lipinski definition) is 17. The lowest BCUT2D eigenvalue weighted by atomic mass is 10.0. The van der Waals surface area contributed by atoms with E-state index >= 15 is 0 Å². The molecule has 0 atom stereocenters. The molecule has 20 nitrogen and oxygen atoms in total. The van der Waals surface area contributed by atoms with Crippen LogP contribution < -0.4 is 16.4 Å². The molecule has 6 aromatic carbocycles. The minimum absolute atomic E-state index is 0.0137. The van der Waals surface area contributed by atoms with Gasteiger partial charge in [-0.3, -0.25) is 13.7 Å². The summed E-state index contributed by atoms with van der Waals surface area (Å²) in [6.07, 6.45) is 0. The number of benzene rings is 6. The number of nitrogens with two attached hydrogens (primary N) is 1. The second-order valence-corrected chi connectivity index (χ2v) is 18.1. The van der Waals surface area contributed by atoms with Gasteiger partial charge in [0.15, 0.2) is 5.75 Å². The van der Waals surface area contributed by atoms with E-state index in [0.717, 1.165) is 35.9 Å². The lowest BCUT2D eigenvalue weighted by molar-refractivity contribution is 0.480. The van der Waals surface area contributed by atoms with E-state index in [4.69, 9.17) is 17.3 Å². The number of azo groups is 2. The van der Waals surface area contributed by atoms with Crippen LogP contribution in [0.15, 0.2) is 120 Å². The molecular weight excluding hydrogens is 888 g/mol. The number of aromatic nitrogens is 3. The number of nitrogens with zero attached hydrogens (tertiary/aromatic N) is 7. The lowest BCUT2D eigenvalue weighted by Gasteiger charge is -2.14. The Hall–Kier alpha value is -6.73. The highest BCUT2D eigenvalue weighted by Gasteiger charge is 2.26. The van der Waals surface area contributed by atoms with Crippen LogP contribution in [0.5, 0.6) is 5.75 Å². The normalized spacial score (nSPS) is 12.5. The zero-order valence-corrected chi connectivity index (χ0v) is 35.3. The zero-order chi connectivity index (χ0) is 44.9. The monoisotopic (exact) mass is 918 g/mol. The summed E-state index contributed by atoms with van der Waals surface area (Å²) < 4.78 is 105. The van der Waals surface area contributed by atoms with Gasteiger partial charge in [0.1, 0.15) is 31.7 Å². The first-order valence-corrected chi connectivity index (χ1v) is 22.3. The van der Waals surface area contributed by atoms with Crippen LogP contribution in [0.4, 0.5) is 51.7 Å². The van der Waals surface area contributed by atoms with Gasteiger partial charge in [0.2, 0.25) is 17.2 Å². The van der Waals surface area contributed by atoms with Crippen molar-refractivity contribution in [2.24, 2.45) is 20.5 Å². The number of rotatable bonds is 11. The molecule has 0 aliphatic heterocycles. The second-order valence-electron chi connectivity index (χ2n) is 13.6. The van der Waals surface area contributed by atoms with Crippen molar-refractivity contribution in [2.45, 2.75) is 35.5 Å². The van der Waals surface area contributed by atoms with E-state index in [1.807, 2.05) is 31.2 Å². The number of hydrogen-bond donors (Lipinski definition) is 7. The van der Waals surface area contributed by atoms with E-state index in [2.05, 4.69) is 46.0 Å². The number of anilines is 5. The highest BCUT2D eigenvalue weighted by molar-refractivity contribution is 7.86. The molecule has 1 aromatic heterocycles. The lowest BCUT2D eigenvalue weighted by Crippen LogP contribution is -2.04. The second kappa shape index (κ2) is 16.3. The first kappa shape index (κ1) is 43.4. The number of halogens is 1. The Bertz CT molecular complexity index is 3430. The highest BCUT2D eigenvalue weighted by Crippen LogP contribution is 2.47. The summed E-state index contributed by atoms with van der Waals surface area (Å²) >= 11 is 6.19. The number of phenols is 1. The number of nitrogen functional groups attached to an aromatic ring is 1. The molecule has 1 heterocycles. The Morgan fingerprint density at radius 1 is 0.613 bits per heavy atom. The first-order valence-electron chi connectivity index (χ1n) is 17.6. The smallest absolute Gasteiger partial charge is 0.297 e. The summed E-state index contributed by atoms with van der Waals surface area (Å²) in [5, 5.41) is 33.1. The maximum Gasteiger partial charge on any atom is 0.297 e. The molecule has 7 aromatic rings. The molecule has 0 unspecified atom stereocenters. The van der Waals surface area contributed by atoms with E-state index < -0.39 is 67.9 Å². The Balaban J connectivity index is 1.28. The largest absolute Gasteiger partial charge is 0.505 e. The molecule has 8 N–H and O–H groups in total. The molecule has 62 heavy (non-hydrogen) atoms. The fraction of sp³-hybridized carbons (Fsp3) is 0.0789. The fourth-order valence-electron chi connectivity index (χ4n) is 6.41. The van der Waals surface area contributed by atoms with Crippen molar-refractivity contribution in [3.05, 3.63) is 107 Å². The van der Waals surface area contributed by atoms with Crippen molar-refractivity contribution in [3.63, 3.8) is 0 Å². The molecular formula is C38H31ClN10O10S3. The summed E-state index contributed by atoms with van der Waals surface area (Å²) in [5.41, 5.74) is 7.72. The minimum atomic E-state index is -5.12. The number of phenolic OH excluding ortho intramolecular Hbond substituents is 1. The van der Waals surface area contributed by atoms with Crippen molar-refractivity contribution < 1.29 is 44.0 Å². The summed E-state index contributed by atoms with van der Waals surface area (Å²) in [6, 6.07) is 20.2. The minimum Gasteiger partial charge on any atom is -0.505 e. The molecule has 0 fully saturated rings. The zero-order valence-electron chi connectivity index (χ0n) is 32.1. The average Bonchev–Trinajstić information content (AvgIpc) is 3.16. The Labute approximate surface area is 357 Å². The molecule has 318 valence electrons. The van der Waals surface area contributed by atoms with E-state index in [1.165, 1.54) is 25.1 Å². The van der Waals surface area contributed by atoms with Gasteiger partial charge >= 0.3 is 0 Å². The fourth-order valence-corrected chi connectivity index (χ4v) is 8.78. The summed E-state index contributed by atoms with van der Waals surface area (Å²) in [7, 11) is -15.0. The SMILES string of the molecule is Cc1cccc(Nc2nc(Cl)nc(Nc3ccc(C)c(N=Nc4c(S(=O)(=O)O)cc5cc(C)c(N=Nc6ccc7c(S(=O)(=O)O)cccc7c6S(=O)(=O)O)c(O)c5c4N)c3)n2)c1. The molecule has 0 aliphatic rings. The van der Waals surface area contributed by atoms with Gasteiger partial charge in [-0.15, -0.1) is 15.3 Å². The summed E-state index contributed by atoms with van der Waals surface area (Å²) in [5.74, 6) is -0.442. The molecule has 0 saturated carbocycles. The molecule has 0 aliphatic carbocycles. The third kappa shape index (κ3) is 8.99. The molecule has 0 saturated heterocycles. The maximum absolute atomic E-state index is 12.7. The van der Waals surface area contributed by atoms with Gasteiger partial charge in [-0.1, -0.05) is 36.4 Å². The molecule has 0 bridgehead atoms. The maximum atomic E-state index is 12.7. The van der Waals surface area contributed by atoms with Crippen LogP contribution in [0.3, 0.4) is 0 Å². The number of aryl methyl sites for hydroxylation is 3. The van der Waals surface area contributed by atoms with Crippen molar-refractivity contribution in [2.75, 3.05) is 16.4 Å². The van der Waals surface area contributed by atoms with Crippen molar-refractivity contribution in [3.8, 4) is 5.75 Å². The van der Waals surface area contributed by atoms with E-state index in [0.29, 0.717) is 16.9 Å². The average molecular weight is 919 g/mol. The first-order chi connectivity index (χ1) is 29.1. The van der Waals surface area contributed by atoms with Crippen molar-refractivity contribution in [1.82, 2.24) is 15.0 Å². The van der Waals surface area contributed by atoms with Crippen LogP contribution in [-0.4, -0.2) is 59.0 Å². The van der Waals surface area contributed by atoms with Crippen LogP contribution >= 0.6 is 11.6 Å². The van der Waals surface area contributed by atoms with Crippen LogP contribution in [0.25, 0.3) is 21.5 Å². The Kier molecular flexibility index (Phi) is 11.4. The standard InChI is InChI=1S/C38H31ClN10O10S3/c1-18-6-4-7-22(14-18)41-37-43-36(39)44-38(45-37)42-23-11-10-19(2)27(17-23)47-49-33-29(61(54,55)56)16-21-15-20(3)32(34(50)30(21)31(33)40)48-46-26-13-12-24-25(35(26)62(57,58)59)8-5-9-28(24)60(51,52)53/h4-17,50H,40H2,1-3H3,(H,51,52,53)(H,54,55,56)(H,57,58,59)(H2,41,42,43,44,45). The molecule has 0 radical (unpaired) electrons. The van der Waals surface area contributed by atoms with Gasteiger partial charge < -0.3 is 21.5 Å². The molecule has 0 spiro atoms. The van der Waals surface area contributed by atoms with Crippen LogP contribution in [-0.2, 0) is 30.4 Å². The van der Waals surface area contributed by atoms with E-state index in [-0.39, 0.29) is 55.7 Å². The van der Waals surface area contributed by atoms with Gasteiger partial charge in [0.05, 0.1) is 16.8 Å². The van der Waals surface area contributed by atoms with Crippen LogP contribution in [0.1, 0.15) is 16.7 Å². The van der Waals surface area contributed by atoms with Crippen LogP contribution in [0, 0.1) is 20.8 Å². The third-order valence-electron chi connectivity index (χ3n) is 9.17. The number of fused-ring (bicyclic) bond motifs is 2. The van der Waals surface area contributed by atoms with Gasteiger partial charge in [0, 0.05) is 22.1 Å². The predicted molar refractivity (Wildman–Crippen MR) is 230 cm³/mol. The number of nitrogens with one attached hydrogen (secondary N) is 2. The van der Waals surface area contributed by atoms with Crippen molar-refractivity contribution in [1.29, 1.82) is 0 Å². The van der Waals surface area contributed by atoms with Gasteiger partial charge in [-0.05, 0) is 103 Å². The highest BCUT2D eigenvalue weighted by atomic mass is 35.5. The summed E-state index contributed by atoms with van der Waals surface area (Å²) in [4.78, 5) is 10.4. The summed E-state index contributed by atoms with van der Waals surface area (Å²) in [6.45, 7) is 5.07. The van der Waals surface area contributed by atoms with E-state index in [9.17, 15) is 44.0 Å². The van der Waals surface area contributed by atoms with Gasteiger partial charge in [0.25, 0.3) is 30.4 Å². The van der Waals surface area contributed by atoms with Crippen LogP contribution in [0.2, 0.25) is 5.28 Å². The van der Waals surface area contributed by atoms with E-state index in [1.54, 1.807) is 19.1 Å². The molecule has 0 amide bonds. The van der Waals surface area contributed by atoms with Gasteiger partial charge in [-0.2, -0.15) is 45.3 Å². The topological polar surface area (TPSA) is 322 Å². The molecule has 7 rings (SSSR count). The van der Waals surface area contributed by atoms with Gasteiger partial charge in [-0.25, -0.2) is 0 Å². The Morgan fingerprint density at radius 3 is 1.89 bits per heavy atom. The van der Waals surface area contributed by atoms with Crippen molar-refractivity contribution >= 4 is 115 Å². The third-order valence-corrected chi connectivity index (χ3v) is 12.1. The Morgan fingerprint density at radius 2 is 1.24 bits per heavy atom.